The molecular formula is C20H27N5O. The molecule has 0 atom stereocenters. The van der Waals surface area contributed by atoms with Gasteiger partial charge in [0, 0.05) is 17.9 Å². The van der Waals surface area contributed by atoms with Crippen molar-refractivity contribution in [2.45, 2.75) is 47.6 Å². The molecule has 0 amide bonds. The zero-order chi connectivity index (χ0) is 18.7. The highest BCUT2D eigenvalue weighted by Crippen LogP contribution is 2.15. The standard InChI is InChI=1S/C20H27N5O/c1-15-10-17(3)24(21-15)13-23(14-25-18(4)11-16(2)22-25)12-19-6-8-20(26-5)9-7-19/h6-11H,12-14H2,1-5H3. The number of hydrogen-bond acceptors (Lipinski definition) is 4. The number of nitrogens with zero attached hydrogens (tertiary/aromatic N) is 5. The SMILES string of the molecule is COc1ccc(CN(Cn2nc(C)cc2C)Cn2nc(C)cc2C)cc1. The first-order chi connectivity index (χ1) is 12.4. The van der Waals surface area contributed by atoms with E-state index in [0.717, 1.165) is 35.1 Å². The predicted molar refractivity (Wildman–Crippen MR) is 102 cm³/mol. The largest absolute Gasteiger partial charge is 0.497 e. The third-order valence-corrected chi connectivity index (χ3v) is 4.44. The van der Waals surface area contributed by atoms with E-state index in [1.165, 1.54) is 5.56 Å². The second-order valence-electron chi connectivity index (χ2n) is 6.81. The fourth-order valence-corrected chi connectivity index (χ4v) is 3.15. The third-order valence-electron chi connectivity index (χ3n) is 4.44. The summed E-state index contributed by atoms with van der Waals surface area (Å²) in [6.45, 7) is 10.5. The lowest BCUT2D eigenvalue weighted by atomic mass is 10.2. The van der Waals surface area contributed by atoms with Crippen LogP contribution in [0, 0.1) is 27.7 Å². The van der Waals surface area contributed by atoms with Crippen LogP contribution in [0.25, 0.3) is 0 Å². The van der Waals surface area contributed by atoms with Crippen LogP contribution in [-0.2, 0) is 19.9 Å². The molecule has 1 aromatic carbocycles. The van der Waals surface area contributed by atoms with Crippen LogP contribution >= 0.6 is 0 Å². The van der Waals surface area contributed by atoms with Gasteiger partial charge in [-0.3, -0.25) is 14.3 Å². The number of benzene rings is 1. The molecule has 2 aromatic heterocycles. The first kappa shape index (κ1) is 18.2. The van der Waals surface area contributed by atoms with Crippen molar-refractivity contribution < 1.29 is 4.74 Å². The quantitative estimate of drug-likeness (QED) is 0.653. The highest BCUT2D eigenvalue weighted by atomic mass is 16.5. The minimum atomic E-state index is 0.712. The molecule has 0 N–H and O–H groups in total. The van der Waals surface area contributed by atoms with Crippen LogP contribution in [0.3, 0.4) is 0 Å². The number of methoxy groups -OCH3 is 1. The topological polar surface area (TPSA) is 48.1 Å². The minimum Gasteiger partial charge on any atom is -0.497 e. The molecule has 3 aromatic rings. The highest BCUT2D eigenvalue weighted by molar-refractivity contribution is 5.27. The van der Waals surface area contributed by atoms with Gasteiger partial charge in [0.2, 0.25) is 0 Å². The van der Waals surface area contributed by atoms with Gasteiger partial charge in [-0.15, -0.1) is 0 Å². The second kappa shape index (κ2) is 7.74. The van der Waals surface area contributed by atoms with Crippen LogP contribution < -0.4 is 4.74 Å². The maximum atomic E-state index is 5.26. The van der Waals surface area contributed by atoms with E-state index in [2.05, 4.69) is 53.2 Å². The molecule has 3 rings (SSSR count). The molecular weight excluding hydrogens is 326 g/mol. The van der Waals surface area contributed by atoms with Crippen molar-refractivity contribution in [1.29, 1.82) is 0 Å². The molecule has 0 fully saturated rings. The zero-order valence-corrected chi connectivity index (χ0v) is 16.2. The summed E-state index contributed by atoms with van der Waals surface area (Å²) in [6.07, 6.45) is 0. The summed E-state index contributed by atoms with van der Waals surface area (Å²) in [4.78, 5) is 2.33. The summed E-state index contributed by atoms with van der Waals surface area (Å²) in [5.74, 6) is 0.873. The number of rotatable bonds is 7. The smallest absolute Gasteiger partial charge is 0.118 e. The van der Waals surface area contributed by atoms with Gasteiger partial charge in [0.05, 0.1) is 31.8 Å². The number of aryl methyl sites for hydroxylation is 4. The van der Waals surface area contributed by atoms with E-state index in [1.54, 1.807) is 7.11 Å². The van der Waals surface area contributed by atoms with Crippen LogP contribution in [0.5, 0.6) is 5.75 Å². The Labute approximate surface area is 155 Å². The van der Waals surface area contributed by atoms with E-state index in [9.17, 15) is 0 Å². The molecule has 0 bridgehead atoms. The first-order valence-electron chi connectivity index (χ1n) is 8.82. The van der Waals surface area contributed by atoms with Gasteiger partial charge in [-0.1, -0.05) is 12.1 Å². The fourth-order valence-electron chi connectivity index (χ4n) is 3.15. The molecule has 138 valence electrons. The Bertz CT molecular complexity index is 815. The summed E-state index contributed by atoms with van der Waals surface area (Å²) >= 11 is 0. The van der Waals surface area contributed by atoms with Crippen molar-refractivity contribution in [3.63, 3.8) is 0 Å². The molecule has 6 heteroatoms. The average Bonchev–Trinajstić information content (AvgIpc) is 3.08. The normalized spacial score (nSPS) is 11.3. The fraction of sp³-hybridized carbons (Fsp3) is 0.400. The Morgan fingerprint density at radius 3 is 1.73 bits per heavy atom. The Morgan fingerprint density at radius 2 is 1.35 bits per heavy atom. The van der Waals surface area contributed by atoms with E-state index >= 15 is 0 Å². The predicted octanol–water partition coefficient (Wildman–Crippen LogP) is 3.44. The van der Waals surface area contributed by atoms with Crippen LogP contribution in [-0.4, -0.2) is 31.6 Å². The van der Waals surface area contributed by atoms with Gasteiger partial charge in [-0.05, 0) is 57.5 Å². The second-order valence-corrected chi connectivity index (χ2v) is 6.81. The monoisotopic (exact) mass is 353 g/mol. The molecule has 0 saturated heterocycles. The average molecular weight is 353 g/mol. The summed E-state index contributed by atoms with van der Waals surface area (Å²) in [5, 5.41) is 9.23. The van der Waals surface area contributed by atoms with Crippen molar-refractivity contribution >= 4 is 0 Å². The number of ether oxygens (including phenoxy) is 1. The Hall–Kier alpha value is -2.60. The highest BCUT2D eigenvalue weighted by Gasteiger charge is 2.12. The molecule has 0 aliphatic rings. The van der Waals surface area contributed by atoms with E-state index in [-0.39, 0.29) is 0 Å². The van der Waals surface area contributed by atoms with Crippen molar-refractivity contribution in [1.82, 2.24) is 24.5 Å². The third kappa shape index (κ3) is 4.32. The Balaban J connectivity index is 1.82. The molecule has 0 radical (unpaired) electrons. The maximum Gasteiger partial charge on any atom is 0.118 e. The van der Waals surface area contributed by atoms with Gasteiger partial charge in [-0.25, -0.2) is 0 Å². The molecule has 0 saturated carbocycles. The van der Waals surface area contributed by atoms with Crippen molar-refractivity contribution in [2.24, 2.45) is 0 Å². The molecule has 6 nitrogen and oxygen atoms in total. The number of hydrogen-bond donors (Lipinski definition) is 0. The summed E-state index contributed by atoms with van der Waals surface area (Å²) < 4.78 is 9.35. The van der Waals surface area contributed by atoms with E-state index in [0.29, 0.717) is 13.3 Å². The lowest BCUT2D eigenvalue weighted by Gasteiger charge is -2.24. The molecule has 0 aliphatic heterocycles. The van der Waals surface area contributed by atoms with Crippen molar-refractivity contribution in [3.05, 3.63) is 64.7 Å². The Kier molecular flexibility index (Phi) is 5.42. The zero-order valence-electron chi connectivity index (χ0n) is 16.2. The summed E-state index contributed by atoms with van der Waals surface area (Å²) in [6, 6.07) is 12.4. The number of aromatic nitrogens is 4. The van der Waals surface area contributed by atoms with E-state index in [4.69, 9.17) is 4.74 Å². The molecule has 26 heavy (non-hydrogen) atoms. The van der Waals surface area contributed by atoms with Gasteiger partial charge < -0.3 is 4.74 Å². The van der Waals surface area contributed by atoms with Gasteiger partial charge >= 0.3 is 0 Å². The van der Waals surface area contributed by atoms with Crippen molar-refractivity contribution in [2.75, 3.05) is 7.11 Å². The first-order valence-corrected chi connectivity index (χ1v) is 8.82. The van der Waals surface area contributed by atoms with Crippen LogP contribution in [0.4, 0.5) is 0 Å². The maximum absolute atomic E-state index is 5.26. The minimum absolute atomic E-state index is 0.712. The molecule has 2 heterocycles. The lowest BCUT2D eigenvalue weighted by molar-refractivity contribution is 0.141. The van der Waals surface area contributed by atoms with Gasteiger partial charge in [-0.2, -0.15) is 10.2 Å². The molecule has 0 unspecified atom stereocenters. The lowest BCUT2D eigenvalue weighted by Crippen LogP contribution is -2.30. The van der Waals surface area contributed by atoms with Gasteiger partial charge in [0.15, 0.2) is 0 Å². The summed E-state index contributed by atoms with van der Waals surface area (Å²) in [5.41, 5.74) is 5.64. The van der Waals surface area contributed by atoms with Crippen molar-refractivity contribution in [3.8, 4) is 5.75 Å². The molecule has 0 spiro atoms. The van der Waals surface area contributed by atoms with Crippen LogP contribution in [0.1, 0.15) is 28.3 Å². The molecule has 0 aliphatic carbocycles. The summed E-state index contributed by atoms with van der Waals surface area (Å²) in [7, 11) is 1.69. The van der Waals surface area contributed by atoms with Crippen LogP contribution in [0.15, 0.2) is 36.4 Å². The van der Waals surface area contributed by atoms with Gasteiger partial charge in [0.25, 0.3) is 0 Å². The Morgan fingerprint density at radius 1 is 0.846 bits per heavy atom. The van der Waals surface area contributed by atoms with Crippen LogP contribution in [0.2, 0.25) is 0 Å². The van der Waals surface area contributed by atoms with Gasteiger partial charge in [0.1, 0.15) is 5.75 Å². The van der Waals surface area contributed by atoms with E-state index < -0.39 is 0 Å². The van der Waals surface area contributed by atoms with E-state index in [1.807, 2.05) is 35.3 Å².